The fourth-order valence-electron chi connectivity index (χ4n) is 15.7. The second-order valence-corrected chi connectivity index (χ2v) is 33.3. The number of nitrogens with two attached hydrogens (primary N) is 1. The lowest BCUT2D eigenvalue weighted by Gasteiger charge is -2.34. The molecule has 0 bridgehead atoms. The zero-order valence-corrected chi connectivity index (χ0v) is 61.7. The fraction of sp³-hybridized carbons (Fsp3) is 0.391. The smallest absolute Gasteiger partial charge is 0.416 e. The first-order valence-electron chi connectivity index (χ1n) is 32.6. The summed E-state index contributed by atoms with van der Waals surface area (Å²) in [6, 6.07) is 43.7. The number of amides is 6. The number of carbonyl (C=O) groups excluding carboxylic acids is 6. The Bertz CT molecular complexity index is 4760. The van der Waals surface area contributed by atoms with E-state index in [9.17, 15) is 54.0 Å². The molecule has 0 aliphatic carbocycles. The van der Waals surface area contributed by atoms with Gasteiger partial charge in [0.05, 0.1) is 80.0 Å². The highest BCUT2D eigenvalue weighted by Crippen LogP contribution is 2.60. The predicted molar refractivity (Wildman–Crippen MR) is 382 cm³/mol. The van der Waals surface area contributed by atoms with Gasteiger partial charge in [0.15, 0.2) is 0 Å². The molecular formula is C69H77BrN12O18S3. The van der Waals surface area contributed by atoms with Crippen LogP contribution in [-0.4, -0.2) is 179 Å². The normalized spacial score (nSPS) is 24.5. The molecule has 6 amide bonds. The molecular weight excluding hydrogens is 1460 g/mol. The molecule has 4 fully saturated rings. The van der Waals surface area contributed by atoms with Crippen molar-refractivity contribution in [2.24, 2.45) is 16.1 Å². The molecule has 0 aromatic heterocycles. The second kappa shape index (κ2) is 27.4. The Morgan fingerprint density at radius 1 is 0.476 bits per heavy atom. The maximum absolute atomic E-state index is 13.9. The van der Waals surface area contributed by atoms with Gasteiger partial charge in [0.25, 0.3) is 0 Å². The summed E-state index contributed by atoms with van der Waals surface area (Å²) >= 11 is 3.82. The lowest BCUT2D eigenvalue weighted by molar-refractivity contribution is 0.104. The van der Waals surface area contributed by atoms with Crippen molar-refractivity contribution in [2.45, 2.75) is 98.1 Å². The topological polar surface area (TPSA) is 340 Å². The van der Waals surface area contributed by atoms with Gasteiger partial charge in [-0.2, -0.15) is 10.2 Å². The molecule has 8 atom stereocenters. The first-order valence-corrected chi connectivity index (χ1v) is 38.9. The summed E-state index contributed by atoms with van der Waals surface area (Å²) in [5.41, 5.74) is 3.93. The van der Waals surface area contributed by atoms with Crippen LogP contribution in [0.4, 0.5) is 62.9 Å². The highest BCUT2D eigenvalue weighted by atomic mass is 79.9. The van der Waals surface area contributed by atoms with Crippen molar-refractivity contribution in [1.82, 2.24) is 19.6 Å². The number of nitrogens with zero attached hydrogens (tertiary/aromatic N) is 11. The molecule has 103 heavy (non-hydrogen) atoms. The molecule has 8 aliphatic rings. The van der Waals surface area contributed by atoms with Crippen molar-refractivity contribution in [1.29, 1.82) is 0 Å². The first-order chi connectivity index (χ1) is 48.9. The molecule has 34 heteroatoms. The van der Waals surface area contributed by atoms with Crippen LogP contribution in [-0.2, 0) is 92.4 Å². The number of hydrazine groups is 1. The largest absolute Gasteiger partial charge is 0.453 e. The van der Waals surface area contributed by atoms with Crippen molar-refractivity contribution in [3.8, 4) is 0 Å². The van der Waals surface area contributed by atoms with E-state index in [2.05, 4.69) is 15.9 Å². The highest BCUT2D eigenvalue weighted by molar-refractivity contribution is 9.09. The van der Waals surface area contributed by atoms with E-state index >= 15 is 0 Å². The van der Waals surface area contributed by atoms with Gasteiger partial charge in [-0.1, -0.05) is 151 Å². The first kappa shape index (κ1) is 73.0. The summed E-state index contributed by atoms with van der Waals surface area (Å²) < 4.78 is 110. The van der Waals surface area contributed by atoms with Crippen molar-refractivity contribution < 1.29 is 82.4 Å². The molecule has 4 saturated heterocycles. The van der Waals surface area contributed by atoms with Crippen molar-refractivity contribution in [3.63, 3.8) is 0 Å². The van der Waals surface area contributed by atoms with E-state index < -0.39 is 112 Å². The van der Waals surface area contributed by atoms with Gasteiger partial charge in [0.1, 0.15) is 49.1 Å². The Labute approximate surface area is 604 Å². The number of ether oxygens (including phenoxy) is 6. The third-order valence-electron chi connectivity index (χ3n) is 20.3. The Morgan fingerprint density at radius 3 is 1.35 bits per heavy atom. The summed E-state index contributed by atoms with van der Waals surface area (Å²) in [7, 11) is -6.56. The Hall–Kier alpha value is -9.77. The van der Waals surface area contributed by atoms with Crippen LogP contribution < -0.4 is 28.7 Å². The van der Waals surface area contributed by atoms with Gasteiger partial charge < -0.3 is 28.4 Å². The zero-order valence-electron chi connectivity index (χ0n) is 57.7. The average molecular weight is 1540 g/mol. The third-order valence-corrected chi connectivity index (χ3v) is 24.7. The minimum Gasteiger partial charge on any atom is -0.453 e. The average Bonchev–Trinajstić information content (AvgIpc) is 1.56. The number of halogens is 1. The molecule has 6 aromatic carbocycles. The summed E-state index contributed by atoms with van der Waals surface area (Å²) in [6.07, 6.45) is -1.85. The number of benzene rings is 6. The van der Waals surface area contributed by atoms with E-state index in [1.165, 1.54) is 58.4 Å². The van der Waals surface area contributed by atoms with Crippen LogP contribution in [0, 0.1) is 0 Å². The van der Waals surface area contributed by atoms with Crippen LogP contribution >= 0.6 is 15.9 Å². The van der Waals surface area contributed by atoms with Crippen LogP contribution in [0.5, 0.6) is 0 Å². The van der Waals surface area contributed by atoms with Gasteiger partial charge >= 0.3 is 36.6 Å². The molecule has 6 aromatic rings. The monoisotopic (exact) mass is 1540 g/mol. The molecule has 0 radical (unpaired) electrons. The number of sulfonamides is 3. The van der Waals surface area contributed by atoms with Crippen molar-refractivity contribution in [2.75, 3.05) is 96.2 Å². The summed E-state index contributed by atoms with van der Waals surface area (Å²) in [5.74, 6) is 5.78. The number of hydrogen-bond donors (Lipinski definition) is 1. The molecule has 14 rings (SSSR count). The quantitative estimate of drug-likeness (QED) is 0.0438. The number of azo groups is 1. The van der Waals surface area contributed by atoms with Crippen molar-refractivity contribution >= 4 is 117 Å². The number of methoxy groups -OCH3 is 4. The minimum absolute atomic E-state index is 0.0117. The Kier molecular flexibility index (Phi) is 19.5. The van der Waals surface area contributed by atoms with Gasteiger partial charge in [-0.15, -0.1) is 0 Å². The van der Waals surface area contributed by atoms with Crippen LogP contribution in [0.1, 0.15) is 72.9 Å². The minimum atomic E-state index is -3.94. The Morgan fingerprint density at radius 2 is 0.864 bits per heavy atom. The molecule has 8 aliphatic heterocycles. The molecule has 30 nitrogen and oxygen atoms in total. The number of fused-ring (bicyclic) bond motifs is 12. The molecule has 0 spiro atoms. The summed E-state index contributed by atoms with van der Waals surface area (Å²) in [4.78, 5) is 86.2. The third kappa shape index (κ3) is 12.4. The van der Waals surface area contributed by atoms with E-state index in [0.29, 0.717) is 71.4 Å². The lowest BCUT2D eigenvalue weighted by atomic mass is 9.81. The lowest BCUT2D eigenvalue weighted by Crippen LogP contribution is -2.53. The van der Waals surface area contributed by atoms with Crippen LogP contribution in [0.2, 0.25) is 0 Å². The maximum atomic E-state index is 13.9. The van der Waals surface area contributed by atoms with E-state index in [-0.39, 0.29) is 43.2 Å². The van der Waals surface area contributed by atoms with Gasteiger partial charge in [-0.25, -0.2) is 72.9 Å². The Balaban J connectivity index is 0.000000157. The van der Waals surface area contributed by atoms with Gasteiger partial charge in [0.2, 0.25) is 30.1 Å². The van der Waals surface area contributed by atoms with Crippen LogP contribution in [0.25, 0.3) is 0 Å². The summed E-state index contributed by atoms with van der Waals surface area (Å²) in [6.45, 7) is 5.25. The second-order valence-electron chi connectivity index (χ2n) is 26.3. The molecule has 546 valence electrons. The van der Waals surface area contributed by atoms with Crippen molar-refractivity contribution in [3.05, 3.63) is 179 Å². The molecule has 4 unspecified atom stereocenters. The van der Waals surface area contributed by atoms with Gasteiger partial charge in [0, 0.05) is 49.0 Å². The van der Waals surface area contributed by atoms with E-state index in [4.69, 9.17) is 44.5 Å². The molecule has 2 N–H and O–H groups in total. The SMILES string of the molecule is COC(=O)N1CC[C@]2(Br)c3ccccc3N(C(=O)OCc3ccccc3)C12.COC(=O)N1CC[C@]2(C)c3cccc(N(N)S(C)(=O)=O)c3N(S(C)(=O)=O)C12.COC(=O)N1CC[C@]2(N=Nc3cccc4c3N(S(C)(=O)=O)C3N(C(=O)OC)CC[C@]43C)c3ccccc3N(C(=O)OCc3ccccc3)C12. The number of anilines is 5. The summed E-state index contributed by atoms with van der Waals surface area (Å²) in [5, 5.41) is 9.66. The number of alkyl halides is 1. The van der Waals surface area contributed by atoms with E-state index in [0.717, 1.165) is 45.5 Å². The number of rotatable bonds is 10. The molecule has 8 heterocycles. The van der Waals surface area contributed by atoms with E-state index in [1.54, 1.807) is 46.2 Å². The standard InChI is InChI=1S/C34H36N6O8S.C20H19BrN2O4.C15H22N4O6S2/c1-33-17-19-37(30(41)46-2)28(33)40(49(4,44)45)27-24(33)14-10-15-25(27)35-36-34-18-20-38(31(42)47-3)29(34)39(26-16-9-8-13-23(26)34)32(43)48-21-22-11-6-5-7-12-22;1-26-18(24)22-12-11-20(21)15-9-5-6-10-16(15)23(17(20)22)19(25)27-13-14-7-3-2-4-8-14;1-15-8-9-17(14(20)25-2)13(15)18(26(3,21)22)12-10(15)6-5-7-11(12)19(16)27(4,23)24/h5-16,28-29H,17-21H2,1-4H3;2-10,17H,11-13H2,1H3;5-7,13H,8-9,16H2,1-4H3/t28?,29?,33-,34+;17?,20-;13?,15-/m101/s1. The number of hydrogen-bond acceptors (Lipinski definition) is 21. The van der Waals surface area contributed by atoms with Crippen LogP contribution in [0.15, 0.2) is 156 Å². The molecule has 0 saturated carbocycles. The van der Waals surface area contributed by atoms with Crippen LogP contribution in [0.3, 0.4) is 0 Å². The zero-order chi connectivity index (χ0) is 74.1. The fourth-order valence-corrected chi connectivity index (χ4v) is 19.7. The van der Waals surface area contributed by atoms with E-state index in [1.807, 2.05) is 117 Å². The van der Waals surface area contributed by atoms with Gasteiger partial charge in [-0.3, -0.25) is 29.4 Å². The number of carbonyl (C=O) groups is 6. The number of likely N-dealkylation sites (tertiary alicyclic amines) is 4. The predicted octanol–water partition coefficient (Wildman–Crippen LogP) is 9.85. The van der Waals surface area contributed by atoms with Gasteiger partial charge in [-0.05, 0) is 71.3 Å². The number of para-hydroxylation sites is 4. The highest BCUT2D eigenvalue weighted by Gasteiger charge is 2.65. The maximum Gasteiger partial charge on any atom is 0.416 e.